The van der Waals surface area contributed by atoms with E-state index in [9.17, 15) is 15.3 Å². The summed E-state index contributed by atoms with van der Waals surface area (Å²) in [6.07, 6.45) is 4.03. The summed E-state index contributed by atoms with van der Waals surface area (Å²) in [4.78, 5) is 0. The van der Waals surface area contributed by atoms with E-state index in [-0.39, 0.29) is 6.61 Å². The molecular weight excluding hydrogens is 260 g/mol. The predicted molar refractivity (Wildman–Crippen MR) is 76.4 cm³/mol. The van der Waals surface area contributed by atoms with Crippen LogP contribution < -0.4 is 0 Å². The fourth-order valence-corrected chi connectivity index (χ4v) is 2.72. The van der Waals surface area contributed by atoms with Gasteiger partial charge in [0.15, 0.2) is 0 Å². The van der Waals surface area contributed by atoms with Crippen LogP contribution in [0.4, 0.5) is 0 Å². The summed E-state index contributed by atoms with van der Waals surface area (Å²) < 4.78 is 5.47. The van der Waals surface area contributed by atoms with Crippen molar-refractivity contribution in [1.82, 2.24) is 0 Å². The van der Waals surface area contributed by atoms with Crippen LogP contribution in [0.5, 0.6) is 0 Å². The summed E-state index contributed by atoms with van der Waals surface area (Å²) >= 11 is 0. The molecule has 1 aliphatic rings. The van der Waals surface area contributed by atoms with Crippen molar-refractivity contribution in [3.05, 3.63) is 0 Å². The van der Waals surface area contributed by atoms with Crippen LogP contribution >= 0.6 is 0 Å². The van der Waals surface area contributed by atoms with Gasteiger partial charge in [0, 0.05) is 0 Å². The first kappa shape index (κ1) is 17.9. The lowest BCUT2D eigenvalue weighted by molar-refractivity contribution is -0.230. The predicted octanol–water partition coefficient (Wildman–Crippen LogP) is 0.969. The summed E-state index contributed by atoms with van der Waals surface area (Å²) in [5.41, 5.74) is 0. The minimum Gasteiger partial charge on any atom is -0.394 e. The second-order valence-corrected chi connectivity index (χ2v) is 5.78. The van der Waals surface area contributed by atoms with Crippen LogP contribution in [-0.4, -0.2) is 57.6 Å². The fraction of sp³-hybridized carbons (Fsp3) is 1.00. The molecule has 0 aromatic heterocycles. The number of rotatable bonds is 9. The van der Waals surface area contributed by atoms with Crippen molar-refractivity contribution < 1.29 is 25.2 Å². The normalized spacial score (nSPS) is 34.4. The Bertz CT molecular complexity index is 246. The van der Waals surface area contributed by atoms with Gasteiger partial charge in [0.1, 0.15) is 24.4 Å². The SMILES string of the molecule is CCCCCCCCC[C@@H]1O[C@H](CO)[C@@H](O)[C@H](O)[C@H]1O. The highest BCUT2D eigenvalue weighted by Gasteiger charge is 2.42. The van der Waals surface area contributed by atoms with E-state index in [0.29, 0.717) is 6.42 Å². The zero-order valence-corrected chi connectivity index (χ0v) is 12.4. The van der Waals surface area contributed by atoms with Gasteiger partial charge >= 0.3 is 0 Å². The van der Waals surface area contributed by atoms with E-state index < -0.39 is 30.5 Å². The molecule has 1 heterocycles. The minimum atomic E-state index is -1.24. The first-order valence-electron chi connectivity index (χ1n) is 7.92. The molecule has 5 atom stereocenters. The zero-order valence-electron chi connectivity index (χ0n) is 12.4. The van der Waals surface area contributed by atoms with Gasteiger partial charge in [-0.3, -0.25) is 0 Å². The molecule has 0 aliphatic carbocycles. The van der Waals surface area contributed by atoms with Crippen LogP contribution in [0.15, 0.2) is 0 Å². The molecule has 0 spiro atoms. The summed E-state index contributed by atoms with van der Waals surface area (Å²) in [7, 11) is 0. The zero-order chi connectivity index (χ0) is 15.0. The average molecular weight is 290 g/mol. The van der Waals surface area contributed by atoms with Gasteiger partial charge in [-0.15, -0.1) is 0 Å². The molecule has 0 radical (unpaired) electrons. The lowest BCUT2D eigenvalue weighted by atomic mass is 9.92. The molecule has 1 rings (SSSR count). The summed E-state index contributed by atoms with van der Waals surface area (Å²) in [6.45, 7) is 1.84. The first-order valence-corrected chi connectivity index (χ1v) is 7.92. The topological polar surface area (TPSA) is 90.2 Å². The second-order valence-electron chi connectivity index (χ2n) is 5.78. The van der Waals surface area contributed by atoms with Crippen LogP contribution in [0.3, 0.4) is 0 Å². The molecule has 20 heavy (non-hydrogen) atoms. The maximum absolute atomic E-state index is 9.88. The van der Waals surface area contributed by atoms with Gasteiger partial charge < -0.3 is 25.2 Å². The molecule has 0 bridgehead atoms. The highest BCUT2D eigenvalue weighted by molar-refractivity contribution is 4.91. The Kier molecular flexibility index (Phi) is 8.64. The van der Waals surface area contributed by atoms with E-state index in [4.69, 9.17) is 9.84 Å². The van der Waals surface area contributed by atoms with Gasteiger partial charge in [-0.25, -0.2) is 0 Å². The van der Waals surface area contributed by atoms with Gasteiger partial charge in [0.2, 0.25) is 0 Å². The fourth-order valence-electron chi connectivity index (χ4n) is 2.72. The summed E-state index contributed by atoms with van der Waals surface area (Å²) in [5, 5.41) is 38.3. The molecule has 1 fully saturated rings. The molecule has 120 valence electrons. The molecule has 0 aromatic carbocycles. The minimum absolute atomic E-state index is 0.349. The van der Waals surface area contributed by atoms with E-state index in [1.54, 1.807) is 0 Å². The van der Waals surface area contributed by atoms with Crippen LogP contribution in [0.2, 0.25) is 0 Å². The maximum atomic E-state index is 9.88. The van der Waals surface area contributed by atoms with Crippen molar-refractivity contribution in [2.75, 3.05) is 6.61 Å². The quantitative estimate of drug-likeness (QED) is 0.475. The standard InChI is InChI=1S/C15H30O5/c1-2-3-4-5-6-7-8-9-11-13(17)15(19)14(18)12(10-16)20-11/h11-19H,2-10H2,1H3/t11-,12+,13-,14+,15+/m0/s1. The Balaban J connectivity index is 2.21. The summed E-state index contributed by atoms with van der Waals surface area (Å²) in [5.74, 6) is 0. The number of aliphatic hydroxyl groups is 4. The Labute approximate surface area is 121 Å². The molecule has 0 amide bonds. The lowest BCUT2D eigenvalue weighted by Crippen LogP contribution is -2.58. The second kappa shape index (κ2) is 9.68. The van der Waals surface area contributed by atoms with Crippen LogP contribution in [-0.2, 0) is 4.74 Å². The van der Waals surface area contributed by atoms with Crippen molar-refractivity contribution in [3.8, 4) is 0 Å². The highest BCUT2D eigenvalue weighted by Crippen LogP contribution is 2.24. The van der Waals surface area contributed by atoms with Gasteiger partial charge in [-0.1, -0.05) is 51.9 Å². The molecule has 5 nitrogen and oxygen atoms in total. The largest absolute Gasteiger partial charge is 0.394 e. The van der Waals surface area contributed by atoms with Crippen molar-refractivity contribution in [2.45, 2.75) is 88.8 Å². The molecular formula is C15H30O5. The number of aliphatic hydroxyl groups excluding tert-OH is 4. The van der Waals surface area contributed by atoms with Gasteiger partial charge in [0.25, 0.3) is 0 Å². The highest BCUT2D eigenvalue weighted by atomic mass is 16.5. The Hall–Kier alpha value is -0.200. The smallest absolute Gasteiger partial charge is 0.111 e. The monoisotopic (exact) mass is 290 g/mol. The van der Waals surface area contributed by atoms with E-state index >= 15 is 0 Å². The molecule has 0 saturated carbocycles. The van der Waals surface area contributed by atoms with Crippen LogP contribution in [0, 0.1) is 0 Å². The number of ether oxygens (including phenoxy) is 1. The molecule has 0 aromatic rings. The summed E-state index contributed by atoms with van der Waals surface area (Å²) in [6, 6.07) is 0. The van der Waals surface area contributed by atoms with Crippen molar-refractivity contribution >= 4 is 0 Å². The third-order valence-electron chi connectivity index (χ3n) is 4.08. The van der Waals surface area contributed by atoms with E-state index in [2.05, 4.69) is 6.92 Å². The van der Waals surface area contributed by atoms with E-state index in [1.807, 2.05) is 0 Å². The Morgan fingerprint density at radius 3 is 1.90 bits per heavy atom. The van der Waals surface area contributed by atoms with Crippen molar-refractivity contribution in [3.63, 3.8) is 0 Å². The van der Waals surface area contributed by atoms with E-state index in [1.165, 1.54) is 32.1 Å². The Morgan fingerprint density at radius 2 is 1.30 bits per heavy atom. The lowest BCUT2D eigenvalue weighted by Gasteiger charge is -2.40. The first-order chi connectivity index (χ1) is 9.61. The number of hydrogen-bond acceptors (Lipinski definition) is 5. The van der Waals surface area contributed by atoms with Gasteiger partial charge in [-0.05, 0) is 6.42 Å². The van der Waals surface area contributed by atoms with Crippen LogP contribution in [0.1, 0.15) is 58.3 Å². The van der Waals surface area contributed by atoms with E-state index in [0.717, 1.165) is 12.8 Å². The third kappa shape index (κ3) is 5.30. The van der Waals surface area contributed by atoms with Gasteiger partial charge in [0.05, 0.1) is 12.7 Å². The van der Waals surface area contributed by atoms with Crippen LogP contribution in [0.25, 0.3) is 0 Å². The molecule has 4 N–H and O–H groups in total. The van der Waals surface area contributed by atoms with Crippen molar-refractivity contribution in [2.24, 2.45) is 0 Å². The number of unbranched alkanes of at least 4 members (excludes halogenated alkanes) is 6. The average Bonchev–Trinajstić information content (AvgIpc) is 2.46. The number of hydrogen-bond donors (Lipinski definition) is 4. The van der Waals surface area contributed by atoms with Crippen molar-refractivity contribution in [1.29, 1.82) is 0 Å². The molecule has 1 aliphatic heterocycles. The van der Waals surface area contributed by atoms with Gasteiger partial charge in [-0.2, -0.15) is 0 Å². The molecule has 0 unspecified atom stereocenters. The molecule has 5 heteroatoms. The Morgan fingerprint density at radius 1 is 0.750 bits per heavy atom. The maximum Gasteiger partial charge on any atom is 0.111 e. The third-order valence-corrected chi connectivity index (χ3v) is 4.08. The molecule has 1 saturated heterocycles.